The third-order valence-corrected chi connectivity index (χ3v) is 4.27. The second-order valence-corrected chi connectivity index (χ2v) is 7.49. The van der Waals surface area contributed by atoms with Gasteiger partial charge in [0.15, 0.2) is 0 Å². The van der Waals surface area contributed by atoms with Crippen LogP contribution in [0.3, 0.4) is 0 Å². The van der Waals surface area contributed by atoms with Crippen LogP contribution in [0.25, 0.3) is 11.3 Å². The molecule has 0 saturated heterocycles. The first-order valence-corrected chi connectivity index (χ1v) is 8.73. The van der Waals surface area contributed by atoms with Crippen LogP contribution in [0, 0.1) is 0 Å². The molecule has 138 valence electrons. The highest BCUT2D eigenvalue weighted by molar-refractivity contribution is 6.36. The van der Waals surface area contributed by atoms with Crippen LogP contribution in [0.4, 0.5) is 16.2 Å². The summed E-state index contributed by atoms with van der Waals surface area (Å²) in [5.41, 5.74) is 3.86. The van der Waals surface area contributed by atoms with Gasteiger partial charge < -0.3 is 14.8 Å². The van der Waals surface area contributed by atoms with Crippen molar-refractivity contribution in [1.29, 1.82) is 0 Å². The number of para-hydroxylation sites is 1. The predicted molar refractivity (Wildman–Crippen MR) is 103 cm³/mol. The normalized spacial score (nSPS) is 17.7. The van der Waals surface area contributed by atoms with E-state index in [1.165, 1.54) is 0 Å². The van der Waals surface area contributed by atoms with Crippen molar-refractivity contribution in [3.05, 3.63) is 59.2 Å². The number of benzene rings is 2. The van der Waals surface area contributed by atoms with Crippen LogP contribution in [0.1, 0.15) is 37.5 Å². The van der Waals surface area contributed by atoms with Crippen molar-refractivity contribution in [3.63, 3.8) is 0 Å². The van der Waals surface area contributed by atoms with Crippen LogP contribution in [0.5, 0.6) is 0 Å². The standard InChI is InChI=1S/C21H20N2O4/c1-21(2,3)27-20(25)22-13-9-8-12-11-26-18(15(12)10-13)17-14-6-4-5-7-16(14)23-19(17)24/h4-10H,11H2,1-3H3,(H,22,25)(H,23,24)/b18-17-. The molecule has 0 atom stereocenters. The first-order chi connectivity index (χ1) is 12.8. The summed E-state index contributed by atoms with van der Waals surface area (Å²) in [5.74, 6) is 0.338. The smallest absolute Gasteiger partial charge is 0.412 e. The van der Waals surface area contributed by atoms with E-state index in [9.17, 15) is 9.59 Å². The molecule has 2 heterocycles. The van der Waals surface area contributed by atoms with E-state index in [4.69, 9.17) is 9.47 Å². The van der Waals surface area contributed by atoms with Gasteiger partial charge in [-0.15, -0.1) is 0 Å². The monoisotopic (exact) mass is 364 g/mol. The van der Waals surface area contributed by atoms with Gasteiger partial charge in [-0.3, -0.25) is 10.1 Å². The molecular weight excluding hydrogens is 344 g/mol. The second-order valence-electron chi connectivity index (χ2n) is 7.49. The Labute approximate surface area is 157 Å². The van der Waals surface area contributed by atoms with Crippen molar-refractivity contribution < 1.29 is 19.1 Å². The molecule has 2 aliphatic heterocycles. The maximum Gasteiger partial charge on any atom is 0.412 e. The second kappa shape index (κ2) is 6.16. The van der Waals surface area contributed by atoms with Gasteiger partial charge >= 0.3 is 6.09 Å². The molecule has 0 aromatic heterocycles. The first-order valence-electron chi connectivity index (χ1n) is 8.73. The first kappa shape index (κ1) is 17.1. The highest BCUT2D eigenvalue weighted by Crippen LogP contribution is 2.42. The van der Waals surface area contributed by atoms with Crippen molar-refractivity contribution in [1.82, 2.24) is 0 Å². The maximum absolute atomic E-state index is 12.5. The van der Waals surface area contributed by atoms with E-state index in [1.54, 1.807) is 6.07 Å². The van der Waals surface area contributed by atoms with E-state index >= 15 is 0 Å². The van der Waals surface area contributed by atoms with Crippen molar-refractivity contribution in [2.75, 3.05) is 10.6 Å². The average Bonchev–Trinajstić information content (AvgIpc) is 3.12. The Morgan fingerprint density at radius 3 is 2.70 bits per heavy atom. The average molecular weight is 364 g/mol. The molecule has 6 heteroatoms. The minimum Gasteiger partial charge on any atom is -0.487 e. The largest absolute Gasteiger partial charge is 0.487 e. The summed E-state index contributed by atoms with van der Waals surface area (Å²) in [6, 6.07) is 13.0. The Balaban J connectivity index is 1.70. The van der Waals surface area contributed by atoms with Crippen LogP contribution in [0.15, 0.2) is 42.5 Å². The van der Waals surface area contributed by atoms with Crippen LogP contribution in [-0.4, -0.2) is 17.6 Å². The number of carbonyl (C=O) groups excluding carboxylic acids is 2. The Hall–Kier alpha value is -3.28. The number of carbonyl (C=O) groups is 2. The van der Waals surface area contributed by atoms with Gasteiger partial charge in [0, 0.05) is 28.1 Å². The molecule has 0 spiro atoms. The molecule has 0 fully saturated rings. The summed E-state index contributed by atoms with van der Waals surface area (Å²) in [4.78, 5) is 24.5. The number of hydrogen-bond acceptors (Lipinski definition) is 4. The van der Waals surface area contributed by atoms with Crippen LogP contribution < -0.4 is 10.6 Å². The Morgan fingerprint density at radius 1 is 1.15 bits per heavy atom. The highest BCUT2D eigenvalue weighted by atomic mass is 16.6. The number of anilines is 2. The number of fused-ring (bicyclic) bond motifs is 2. The van der Waals surface area contributed by atoms with E-state index in [-0.39, 0.29) is 5.91 Å². The van der Waals surface area contributed by atoms with Crippen LogP contribution >= 0.6 is 0 Å². The summed E-state index contributed by atoms with van der Waals surface area (Å²) < 4.78 is 11.1. The molecule has 6 nitrogen and oxygen atoms in total. The lowest BCUT2D eigenvalue weighted by atomic mass is 10.00. The van der Waals surface area contributed by atoms with Gasteiger partial charge in [0.25, 0.3) is 5.91 Å². The molecule has 4 rings (SSSR count). The molecule has 0 unspecified atom stereocenters. The summed E-state index contributed by atoms with van der Waals surface area (Å²) in [6.07, 6.45) is -0.528. The van der Waals surface area contributed by atoms with Gasteiger partial charge in [0.05, 0.1) is 5.57 Å². The summed E-state index contributed by atoms with van der Waals surface area (Å²) in [5, 5.41) is 5.59. The van der Waals surface area contributed by atoms with Crippen molar-refractivity contribution in [2.24, 2.45) is 0 Å². The molecule has 2 N–H and O–H groups in total. The lowest BCUT2D eigenvalue weighted by molar-refractivity contribution is -0.110. The minimum atomic E-state index is -0.581. The van der Waals surface area contributed by atoms with Crippen molar-refractivity contribution in [3.8, 4) is 0 Å². The number of rotatable bonds is 1. The molecule has 0 aliphatic carbocycles. The zero-order chi connectivity index (χ0) is 19.2. The summed E-state index contributed by atoms with van der Waals surface area (Å²) in [7, 11) is 0. The molecule has 27 heavy (non-hydrogen) atoms. The number of amides is 2. The zero-order valence-electron chi connectivity index (χ0n) is 15.4. The minimum absolute atomic E-state index is 0.190. The lowest BCUT2D eigenvalue weighted by Crippen LogP contribution is -2.27. The van der Waals surface area contributed by atoms with E-state index in [2.05, 4.69) is 10.6 Å². The number of ether oxygens (including phenoxy) is 2. The topological polar surface area (TPSA) is 76.7 Å². The van der Waals surface area contributed by atoms with Gasteiger partial charge in [-0.1, -0.05) is 24.3 Å². The summed E-state index contributed by atoms with van der Waals surface area (Å²) >= 11 is 0. The molecule has 0 radical (unpaired) electrons. The molecule has 2 amide bonds. The van der Waals surface area contributed by atoms with E-state index in [0.29, 0.717) is 23.6 Å². The van der Waals surface area contributed by atoms with Gasteiger partial charge in [0.2, 0.25) is 0 Å². The third kappa shape index (κ3) is 3.26. The fraction of sp³-hybridized carbons (Fsp3) is 0.238. The molecule has 2 aliphatic rings. The molecule has 2 aromatic carbocycles. The highest BCUT2D eigenvalue weighted by Gasteiger charge is 2.32. The Morgan fingerprint density at radius 2 is 1.93 bits per heavy atom. The van der Waals surface area contributed by atoms with Gasteiger partial charge in [-0.25, -0.2) is 4.79 Å². The van der Waals surface area contributed by atoms with E-state index < -0.39 is 11.7 Å². The van der Waals surface area contributed by atoms with Crippen LogP contribution in [0.2, 0.25) is 0 Å². The molecule has 0 bridgehead atoms. The quantitative estimate of drug-likeness (QED) is 0.736. The molecular formula is C21H20N2O4. The molecule has 0 saturated carbocycles. The number of nitrogens with one attached hydrogen (secondary N) is 2. The molecule has 2 aromatic rings. The summed E-state index contributed by atoms with van der Waals surface area (Å²) in [6.45, 7) is 5.81. The van der Waals surface area contributed by atoms with E-state index in [0.717, 1.165) is 22.4 Å². The van der Waals surface area contributed by atoms with Crippen molar-refractivity contribution in [2.45, 2.75) is 33.0 Å². The fourth-order valence-corrected chi connectivity index (χ4v) is 3.19. The predicted octanol–water partition coefficient (Wildman–Crippen LogP) is 4.38. The van der Waals surface area contributed by atoms with Gasteiger partial charge in [0.1, 0.15) is 18.0 Å². The third-order valence-electron chi connectivity index (χ3n) is 4.27. The SMILES string of the molecule is CC(C)(C)OC(=O)Nc1ccc2c(c1)/C(=C1/C(=O)Nc3ccccc31)OC2. The van der Waals surface area contributed by atoms with Gasteiger partial charge in [-0.2, -0.15) is 0 Å². The van der Waals surface area contributed by atoms with E-state index in [1.807, 2.05) is 57.2 Å². The Bertz CT molecular complexity index is 986. The maximum atomic E-state index is 12.5. The Kier molecular flexibility index (Phi) is 3.91. The fourth-order valence-electron chi connectivity index (χ4n) is 3.19. The number of hydrogen-bond donors (Lipinski definition) is 2. The van der Waals surface area contributed by atoms with Crippen LogP contribution in [-0.2, 0) is 20.9 Å². The lowest BCUT2D eigenvalue weighted by Gasteiger charge is -2.19. The van der Waals surface area contributed by atoms with Gasteiger partial charge in [-0.05, 0) is 39.0 Å². The zero-order valence-corrected chi connectivity index (χ0v) is 15.4. The van der Waals surface area contributed by atoms with Crippen molar-refractivity contribution >= 4 is 34.7 Å².